The zero-order valence-electron chi connectivity index (χ0n) is 37.6. The van der Waals surface area contributed by atoms with E-state index in [1.807, 2.05) is 21.1 Å². The lowest BCUT2D eigenvalue weighted by Crippen LogP contribution is -2.46. The Labute approximate surface area is 342 Å². The molecule has 0 bridgehead atoms. The van der Waals surface area contributed by atoms with E-state index in [2.05, 4.69) is 26.1 Å². The zero-order valence-corrected chi connectivity index (χ0v) is 38.5. The lowest BCUT2D eigenvalue weighted by atomic mass is 9.99. The van der Waals surface area contributed by atoms with Gasteiger partial charge in [0.05, 0.1) is 39.9 Å². The Kier molecular flexibility index (Phi) is 37.4. The third-order valence-electron chi connectivity index (χ3n) is 11.4. The van der Waals surface area contributed by atoms with Crippen LogP contribution in [0.2, 0.25) is 0 Å². The molecule has 0 spiro atoms. The van der Waals surface area contributed by atoms with E-state index in [4.69, 9.17) is 9.05 Å². The quantitative estimate of drug-likeness (QED) is 0.0322. The summed E-state index contributed by atoms with van der Waals surface area (Å²) in [6.45, 7) is 7.25. The third kappa shape index (κ3) is 40.1. The van der Waals surface area contributed by atoms with Gasteiger partial charge in [0.1, 0.15) is 13.2 Å². The van der Waals surface area contributed by atoms with E-state index in [0.717, 1.165) is 44.4 Å². The number of hydrogen-bond donors (Lipinski definition) is 3. The largest absolute Gasteiger partial charge is 0.472 e. The highest BCUT2D eigenvalue weighted by Gasteiger charge is 2.28. The van der Waals surface area contributed by atoms with Gasteiger partial charge < -0.3 is 19.8 Å². The first kappa shape index (κ1) is 54.5. The molecule has 0 aromatic heterocycles. The molecular formula is C46H96N2O6P+. The van der Waals surface area contributed by atoms with E-state index >= 15 is 0 Å². The number of aliphatic hydroxyl groups is 1. The number of nitrogens with one attached hydrogen (secondary N) is 1. The van der Waals surface area contributed by atoms with Crippen molar-refractivity contribution >= 4 is 13.7 Å². The SMILES string of the molecule is CCCCCCCCCCCCCCCCCCCCCCCC(=O)N[C@@H](COP(=O)(O)OCC[N+](C)(C)C)[C@H](O)CCCCCCCCCCC(C)CC. The molecule has 0 aliphatic heterocycles. The molecule has 0 aliphatic carbocycles. The Balaban J connectivity index is 4.21. The topological polar surface area (TPSA) is 105 Å². The maximum atomic E-state index is 12.9. The van der Waals surface area contributed by atoms with Gasteiger partial charge in [-0.1, -0.05) is 213 Å². The summed E-state index contributed by atoms with van der Waals surface area (Å²) < 4.78 is 23.6. The van der Waals surface area contributed by atoms with Crippen LogP contribution in [0.15, 0.2) is 0 Å². The van der Waals surface area contributed by atoms with Gasteiger partial charge in [0.2, 0.25) is 5.91 Å². The molecule has 0 aromatic rings. The molecule has 0 radical (unpaired) electrons. The molecule has 0 saturated carbocycles. The fourth-order valence-corrected chi connectivity index (χ4v) is 7.94. The molecule has 0 heterocycles. The van der Waals surface area contributed by atoms with E-state index in [1.54, 1.807) is 0 Å². The Morgan fingerprint density at radius 2 is 0.982 bits per heavy atom. The monoisotopic (exact) mass is 804 g/mol. The molecule has 0 rings (SSSR count). The van der Waals surface area contributed by atoms with Gasteiger partial charge in [-0.3, -0.25) is 13.8 Å². The number of aliphatic hydroxyl groups excluding tert-OH is 1. The third-order valence-corrected chi connectivity index (χ3v) is 12.4. The molecule has 0 aromatic carbocycles. The van der Waals surface area contributed by atoms with Gasteiger partial charge in [-0.15, -0.1) is 0 Å². The predicted molar refractivity (Wildman–Crippen MR) is 235 cm³/mol. The first-order chi connectivity index (χ1) is 26.4. The van der Waals surface area contributed by atoms with Gasteiger partial charge >= 0.3 is 7.82 Å². The van der Waals surface area contributed by atoms with Gasteiger partial charge in [-0.25, -0.2) is 4.57 Å². The van der Waals surface area contributed by atoms with Crippen LogP contribution in [-0.2, 0) is 18.4 Å². The van der Waals surface area contributed by atoms with Gasteiger partial charge in [0.15, 0.2) is 0 Å². The molecule has 0 fully saturated rings. The van der Waals surface area contributed by atoms with Crippen molar-refractivity contribution in [3.63, 3.8) is 0 Å². The van der Waals surface area contributed by atoms with E-state index < -0.39 is 20.0 Å². The van der Waals surface area contributed by atoms with Crippen molar-refractivity contribution in [2.45, 2.75) is 245 Å². The van der Waals surface area contributed by atoms with Crippen molar-refractivity contribution in [1.82, 2.24) is 5.32 Å². The highest BCUT2D eigenvalue weighted by Crippen LogP contribution is 2.43. The van der Waals surface area contributed by atoms with Crippen LogP contribution in [-0.4, -0.2) is 73.4 Å². The minimum absolute atomic E-state index is 0.0776. The first-order valence-corrected chi connectivity index (χ1v) is 25.3. The molecule has 4 atom stereocenters. The van der Waals surface area contributed by atoms with E-state index in [0.29, 0.717) is 23.9 Å². The molecule has 55 heavy (non-hydrogen) atoms. The van der Waals surface area contributed by atoms with Crippen LogP contribution in [0.5, 0.6) is 0 Å². The minimum Gasteiger partial charge on any atom is -0.391 e. The Hall–Kier alpha value is -0.500. The predicted octanol–water partition coefficient (Wildman–Crippen LogP) is 13.2. The number of quaternary nitrogens is 1. The standard InChI is InChI=1S/C46H95N2O6P/c1-7-9-10-11-12-13-14-15-16-17-18-19-20-21-22-23-24-25-30-33-36-39-46(50)47-44(42-54-55(51,52)53-41-40-48(4,5)6)45(49)38-35-32-29-27-26-28-31-34-37-43(3)8-2/h43-45,49H,7-42H2,1-6H3,(H-,47,50,51,52)/p+1/t43?,44-,45+/m0/s1. The summed E-state index contributed by atoms with van der Waals surface area (Å²) in [5.74, 6) is 0.695. The highest BCUT2D eigenvalue weighted by atomic mass is 31.2. The van der Waals surface area contributed by atoms with Crippen LogP contribution in [0.1, 0.15) is 233 Å². The molecule has 1 amide bonds. The van der Waals surface area contributed by atoms with Crippen molar-refractivity contribution in [3.8, 4) is 0 Å². The number of carbonyl (C=O) groups is 1. The average Bonchev–Trinajstić information content (AvgIpc) is 3.13. The minimum atomic E-state index is -4.31. The molecule has 0 aliphatic rings. The van der Waals surface area contributed by atoms with Crippen LogP contribution in [0.3, 0.4) is 0 Å². The smallest absolute Gasteiger partial charge is 0.391 e. The molecule has 8 nitrogen and oxygen atoms in total. The summed E-state index contributed by atoms with van der Waals surface area (Å²) in [4.78, 5) is 23.2. The van der Waals surface area contributed by atoms with Crippen molar-refractivity contribution in [1.29, 1.82) is 0 Å². The summed E-state index contributed by atoms with van der Waals surface area (Å²) in [5, 5.41) is 14.0. The summed E-state index contributed by atoms with van der Waals surface area (Å²) >= 11 is 0. The fraction of sp³-hybridized carbons (Fsp3) is 0.978. The van der Waals surface area contributed by atoms with Crippen molar-refractivity contribution in [2.75, 3.05) is 40.9 Å². The van der Waals surface area contributed by atoms with Gasteiger partial charge in [0, 0.05) is 6.42 Å². The van der Waals surface area contributed by atoms with Gasteiger partial charge in [0.25, 0.3) is 0 Å². The Morgan fingerprint density at radius 3 is 1.38 bits per heavy atom. The highest BCUT2D eigenvalue weighted by molar-refractivity contribution is 7.47. The second-order valence-electron chi connectivity index (χ2n) is 18.1. The van der Waals surface area contributed by atoms with E-state index in [1.165, 1.54) is 161 Å². The van der Waals surface area contributed by atoms with Crippen LogP contribution < -0.4 is 5.32 Å². The number of nitrogens with zero attached hydrogens (tertiary/aromatic N) is 1. The first-order valence-electron chi connectivity index (χ1n) is 23.8. The summed E-state index contributed by atoms with van der Waals surface area (Å²) in [6, 6.07) is -0.754. The zero-order chi connectivity index (χ0) is 40.9. The van der Waals surface area contributed by atoms with Crippen molar-refractivity contribution < 1.29 is 32.9 Å². The number of amides is 1. The number of carbonyl (C=O) groups excluding carboxylic acids is 1. The van der Waals surface area contributed by atoms with E-state index in [9.17, 15) is 19.4 Å². The maximum Gasteiger partial charge on any atom is 0.472 e. The second-order valence-corrected chi connectivity index (χ2v) is 19.5. The van der Waals surface area contributed by atoms with E-state index in [-0.39, 0.29) is 19.1 Å². The Bertz CT molecular complexity index is 885. The molecule has 330 valence electrons. The Morgan fingerprint density at radius 1 is 0.600 bits per heavy atom. The fourth-order valence-electron chi connectivity index (χ4n) is 7.20. The van der Waals surface area contributed by atoms with Gasteiger partial charge in [-0.05, 0) is 18.8 Å². The number of phosphoric ester groups is 1. The maximum absolute atomic E-state index is 12.9. The average molecular weight is 804 g/mol. The van der Waals surface area contributed by atoms with Gasteiger partial charge in [-0.2, -0.15) is 0 Å². The van der Waals surface area contributed by atoms with Crippen LogP contribution in [0, 0.1) is 5.92 Å². The summed E-state index contributed by atoms with van der Waals surface area (Å²) in [7, 11) is 1.63. The molecule has 9 heteroatoms. The van der Waals surface area contributed by atoms with Crippen molar-refractivity contribution in [2.24, 2.45) is 5.92 Å². The van der Waals surface area contributed by atoms with Crippen molar-refractivity contribution in [3.05, 3.63) is 0 Å². The van der Waals surface area contributed by atoms with Crippen LogP contribution in [0.25, 0.3) is 0 Å². The summed E-state index contributed by atoms with van der Waals surface area (Å²) in [6.07, 6.45) is 39.9. The molecular weight excluding hydrogens is 707 g/mol. The summed E-state index contributed by atoms with van der Waals surface area (Å²) in [5.41, 5.74) is 0. The molecule has 2 unspecified atom stereocenters. The van der Waals surface area contributed by atoms with Crippen LogP contribution in [0.4, 0.5) is 0 Å². The molecule has 0 saturated heterocycles. The normalized spacial score (nSPS) is 14.8. The number of hydrogen-bond acceptors (Lipinski definition) is 5. The van der Waals surface area contributed by atoms with Crippen LogP contribution >= 0.6 is 7.82 Å². The number of likely N-dealkylation sites (N-methyl/N-ethyl adjacent to an activating group) is 1. The second kappa shape index (κ2) is 37.7. The molecule has 3 N–H and O–H groups in total. The number of rotatable bonds is 43. The number of unbranched alkanes of at least 4 members (excludes halogenated alkanes) is 27. The lowest BCUT2D eigenvalue weighted by molar-refractivity contribution is -0.870. The number of phosphoric acid groups is 1. The lowest BCUT2D eigenvalue weighted by Gasteiger charge is -2.26.